The molecule has 284 valence electrons. The van der Waals surface area contributed by atoms with Gasteiger partial charge in [0.1, 0.15) is 0 Å². The summed E-state index contributed by atoms with van der Waals surface area (Å²) < 4.78 is 7.38. The van der Waals surface area contributed by atoms with E-state index in [-0.39, 0.29) is 0 Å². The van der Waals surface area contributed by atoms with E-state index in [0.29, 0.717) is 0 Å². The zero-order chi connectivity index (χ0) is 40.0. The molecule has 0 unspecified atom stereocenters. The fraction of sp³-hybridized carbons (Fsp3) is 0. The summed E-state index contributed by atoms with van der Waals surface area (Å²) in [4.78, 5) is 0. The molecule has 3 heteroatoms. The van der Waals surface area contributed by atoms with E-state index in [0.717, 1.165) is 11.4 Å². The first-order chi connectivity index (χ1) is 30.3. The fourth-order valence-corrected chi connectivity index (χ4v) is 10.1. The standard InChI is InChI=1S/C58H37N3/c1-3-15-38(16-4-1)40-19-13-22-44(35-40)59-52-26-11-10-25-47(52)49-36-41(29-32-54(49)59)42-30-33-55-50(37-42)57-56(61(55)51-28-14-18-39-17-7-8-23-45(39)51)34-31-48-46-24-9-12-27-53(46)60(58(48)57)43-20-5-2-6-21-43/h1-37H. The largest absolute Gasteiger partial charge is 0.309 e. The average Bonchev–Trinajstić information content (AvgIpc) is 3.97. The molecule has 0 bridgehead atoms. The quantitative estimate of drug-likeness (QED) is 0.165. The van der Waals surface area contributed by atoms with Crippen molar-refractivity contribution in [3.05, 3.63) is 224 Å². The van der Waals surface area contributed by atoms with Crippen LogP contribution in [-0.4, -0.2) is 13.7 Å². The normalized spacial score (nSPS) is 11.9. The van der Waals surface area contributed by atoms with Crippen molar-refractivity contribution in [3.8, 4) is 39.3 Å². The number of benzene rings is 10. The maximum atomic E-state index is 2.49. The highest BCUT2D eigenvalue weighted by atomic mass is 15.0. The van der Waals surface area contributed by atoms with Gasteiger partial charge in [-0.25, -0.2) is 0 Å². The molecular formula is C58H37N3. The fourth-order valence-electron chi connectivity index (χ4n) is 10.1. The van der Waals surface area contributed by atoms with Gasteiger partial charge in [0.2, 0.25) is 0 Å². The maximum Gasteiger partial charge on any atom is 0.0641 e. The second-order valence-corrected chi connectivity index (χ2v) is 16.1. The predicted molar refractivity (Wildman–Crippen MR) is 258 cm³/mol. The monoisotopic (exact) mass is 775 g/mol. The van der Waals surface area contributed by atoms with Gasteiger partial charge in [0, 0.05) is 49.1 Å². The zero-order valence-electron chi connectivity index (χ0n) is 33.2. The second kappa shape index (κ2) is 13.2. The molecule has 3 heterocycles. The average molecular weight is 776 g/mol. The Hall–Kier alpha value is -8.14. The summed E-state index contributed by atoms with van der Waals surface area (Å²) in [6.07, 6.45) is 0. The molecule has 13 aromatic rings. The number of fused-ring (bicyclic) bond motifs is 11. The SMILES string of the molecule is c1ccc(-c2cccc(-n3c4ccccc4c4cc(-c5ccc6c(c5)c5c(ccc7c8ccccc8n(-c8ccccc8)c75)n6-c5cccc6ccccc56)ccc43)c2)cc1. The van der Waals surface area contributed by atoms with Crippen LogP contribution in [0.5, 0.6) is 0 Å². The van der Waals surface area contributed by atoms with E-state index in [9.17, 15) is 0 Å². The van der Waals surface area contributed by atoms with Gasteiger partial charge in [-0.15, -0.1) is 0 Å². The first kappa shape index (κ1) is 33.8. The summed E-state index contributed by atoms with van der Waals surface area (Å²) >= 11 is 0. The molecule has 0 aliphatic heterocycles. The van der Waals surface area contributed by atoms with Gasteiger partial charge in [0.25, 0.3) is 0 Å². The van der Waals surface area contributed by atoms with E-state index in [1.807, 2.05) is 0 Å². The van der Waals surface area contributed by atoms with Crippen LogP contribution in [0.2, 0.25) is 0 Å². The van der Waals surface area contributed by atoms with Gasteiger partial charge in [0.05, 0.1) is 38.8 Å². The zero-order valence-corrected chi connectivity index (χ0v) is 33.2. The maximum absolute atomic E-state index is 2.49. The third-order valence-electron chi connectivity index (χ3n) is 12.8. The van der Waals surface area contributed by atoms with Crippen molar-refractivity contribution < 1.29 is 0 Å². The molecule has 0 atom stereocenters. The van der Waals surface area contributed by atoms with E-state index in [1.54, 1.807) is 0 Å². The Morgan fingerprint density at radius 3 is 1.56 bits per heavy atom. The van der Waals surface area contributed by atoms with E-state index in [1.165, 1.54) is 104 Å². The van der Waals surface area contributed by atoms with E-state index >= 15 is 0 Å². The van der Waals surface area contributed by atoms with E-state index < -0.39 is 0 Å². The lowest BCUT2D eigenvalue weighted by Crippen LogP contribution is -1.96. The van der Waals surface area contributed by atoms with Gasteiger partial charge in [-0.1, -0.05) is 152 Å². The highest BCUT2D eigenvalue weighted by Crippen LogP contribution is 2.44. The first-order valence-corrected chi connectivity index (χ1v) is 21.0. The van der Waals surface area contributed by atoms with Crippen molar-refractivity contribution >= 4 is 76.2 Å². The summed E-state index contributed by atoms with van der Waals surface area (Å²) in [5.74, 6) is 0. The van der Waals surface area contributed by atoms with Gasteiger partial charge >= 0.3 is 0 Å². The molecule has 0 aliphatic carbocycles. The third kappa shape index (κ3) is 5.04. The number of aromatic nitrogens is 3. The molecule has 3 aromatic heterocycles. The topological polar surface area (TPSA) is 14.8 Å². The van der Waals surface area contributed by atoms with Crippen LogP contribution in [0.25, 0.3) is 116 Å². The molecule has 0 amide bonds. The van der Waals surface area contributed by atoms with E-state index in [2.05, 4.69) is 238 Å². The van der Waals surface area contributed by atoms with Crippen LogP contribution in [0.1, 0.15) is 0 Å². The van der Waals surface area contributed by atoms with Gasteiger partial charge in [0.15, 0.2) is 0 Å². The minimum absolute atomic E-state index is 1.15. The van der Waals surface area contributed by atoms with Crippen LogP contribution in [0, 0.1) is 0 Å². The van der Waals surface area contributed by atoms with Crippen molar-refractivity contribution in [2.24, 2.45) is 0 Å². The summed E-state index contributed by atoms with van der Waals surface area (Å²) in [6, 6.07) is 82.2. The van der Waals surface area contributed by atoms with Crippen LogP contribution >= 0.6 is 0 Å². The Kier molecular flexibility index (Phi) is 7.31. The molecular weight excluding hydrogens is 739 g/mol. The smallest absolute Gasteiger partial charge is 0.0641 e. The molecule has 0 saturated heterocycles. The molecule has 61 heavy (non-hydrogen) atoms. The van der Waals surface area contributed by atoms with Crippen molar-refractivity contribution in [1.29, 1.82) is 0 Å². The van der Waals surface area contributed by atoms with Crippen molar-refractivity contribution in [3.63, 3.8) is 0 Å². The number of hydrogen-bond acceptors (Lipinski definition) is 0. The molecule has 0 radical (unpaired) electrons. The molecule has 10 aromatic carbocycles. The van der Waals surface area contributed by atoms with Gasteiger partial charge in [-0.05, 0) is 100 Å². The number of rotatable bonds is 5. The minimum Gasteiger partial charge on any atom is -0.309 e. The minimum atomic E-state index is 1.15. The summed E-state index contributed by atoms with van der Waals surface area (Å²) in [7, 11) is 0. The Morgan fingerprint density at radius 2 is 0.770 bits per heavy atom. The van der Waals surface area contributed by atoms with Crippen molar-refractivity contribution in [2.45, 2.75) is 0 Å². The first-order valence-electron chi connectivity index (χ1n) is 21.0. The van der Waals surface area contributed by atoms with Crippen LogP contribution in [-0.2, 0) is 0 Å². The highest BCUT2D eigenvalue weighted by Gasteiger charge is 2.22. The second-order valence-electron chi connectivity index (χ2n) is 16.1. The Bertz CT molecular complexity index is 3860. The lowest BCUT2D eigenvalue weighted by atomic mass is 10.00. The van der Waals surface area contributed by atoms with Crippen LogP contribution < -0.4 is 0 Å². The summed E-state index contributed by atoms with van der Waals surface area (Å²) in [5, 5.41) is 9.92. The van der Waals surface area contributed by atoms with Crippen molar-refractivity contribution in [2.75, 3.05) is 0 Å². The lowest BCUT2D eigenvalue weighted by Gasteiger charge is -2.12. The van der Waals surface area contributed by atoms with E-state index in [4.69, 9.17) is 0 Å². The number of para-hydroxylation sites is 3. The summed E-state index contributed by atoms with van der Waals surface area (Å²) in [6.45, 7) is 0. The molecule has 0 aliphatic rings. The van der Waals surface area contributed by atoms with Crippen LogP contribution in [0.3, 0.4) is 0 Å². The molecule has 13 rings (SSSR count). The lowest BCUT2D eigenvalue weighted by molar-refractivity contribution is 1.18. The highest BCUT2D eigenvalue weighted by molar-refractivity contribution is 6.27. The molecule has 0 fully saturated rings. The Morgan fingerprint density at radius 1 is 0.246 bits per heavy atom. The van der Waals surface area contributed by atoms with Gasteiger partial charge in [-0.3, -0.25) is 0 Å². The van der Waals surface area contributed by atoms with Crippen LogP contribution in [0.4, 0.5) is 0 Å². The Balaban J connectivity index is 1.09. The third-order valence-corrected chi connectivity index (χ3v) is 12.8. The number of hydrogen-bond donors (Lipinski definition) is 0. The van der Waals surface area contributed by atoms with Gasteiger partial charge in [-0.2, -0.15) is 0 Å². The molecule has 3 nitrogen and oxygen atoms in total. The Labute approximate surface area is 352 Å². The van der Waals surface area contributed by atoms with Crippen molar-refractivity contribution in [1.82, 2.24) is 13.7 Å². The summed E-state index contributed by atoms with van der Waals surface area (Å²) in [5.41, 5.74) is 15.5. The number of nitrogens with zero attached hydrogens (tertiary/aromatic N) is 3. The molecule has 0 spiro atoms. The molecule has 0 saturated carbocycles. The van der Waals surface area contributed by atoms with Crippen LogP contribution in [0.15, 0.2) is 224 Å². The molecule has 0 N–H and O–H groups in total. The van der Waals surface area contributed by atoms with Gasteiger partial charge < -0.3 is 13.7 Å². The predicted octanol–water partition coefficient (Wildman–Crippen LogP) is 15.5.